The molecule has 4 aromatic rings. The molecule has 0 amide bonds. The molecule has 6 nitrogen and oxygen atoms in total. The summed E-state index contributed by atoms with van der Waals surface area (Å²) in [5.41, 5.74) is 0. The van der Waals surface area contributed by atoms with Gasteiger partial charge < -0.3 is 4.74 Å². The highest BCUT2D eigenvalue weighted by atomic mass is 32.1. The monoisotopic (exact) mass is 407 g/mol. The molecule has 0 bridgehead atoms. The summed E-state index contributed by atoms with van der Waals surface area (Å²) in [6, 6.07) is 14.5. The molecule has 5 rings (SSSR count). The third-order valence-corrected chi connectivity index (χ3v) is 6.58. The Labute approximate surface area is 174 Å². The van der Waals surface area contributed by atoms with E-state index in [4.69, 9.17) is 9.84 Å². The maximum Gasteiger partial charge on any atom is 0.234 e. The molecule has 0 saturated carbocycles. The van der Waals surface area contributed by atoms with Gasteiger partial charge in [-0.3, -0.25) is 4.90 Å². The molecule has 1 fully saturated rings. The first-order chi connectivity index (χ1) is 14.3. The van der Waals surface area contributed by atoms with Gasteiger partial charge >= 0.3 is 0 Å². The third-order valence-electron chi connectivity index (χ3n) is 5.52. The molecule has 2 aromatic carbocycles. The molecule has 1 aliphatic rings. The second-order valence-corrected chi connectivity index (χ2v) is 8.70. The maximum absolute atomic E-state index is 6.19. The van der Waals surface area contributed by atoms with Crippen molar-refractivity contribution in [2.75, 3.05) is 13.1 Å². The fraction of sp³-hybridized carbons (Fsp3) is 0.409. The van der Waals surface area contributed by atoms with E-state index in [2.05, 4.69) is 39.4 Å². The van der Waals surface area contributed by atoms with Crippen molar-refractivity contribution in [2.24, 2.45) is 0 Å². The van der Waals surface area contributed by atoms with Crippen molar-refractivity contribution in [3.8, 4) is 5.75 Å². The van der Waals surface area contributed by atoms with E-state index in [1.54, 1.807) is 11.3 Å². The van der Waals surface area contributed by atoms with Gasteiger partial charge in [0.15, 0.2) is 10.8 Å². The van der Waals surface area contributed by atoms with Gasteiger partial charge in [0.2, 0.25) is 4.96 Å². The summed E-state index contributed by atoms with van der Waals surface area (Å²) in [7, 11) is 0. The van der Waals surface area contributed by atoms with Crippen molar-refractivity contribution < 1.29 is 4.74 Å². The number of hydrogen-bond acceptors (Lipinski definition) is 6. The zero-order chi connectivity index (χ0) is 19.6. The quantitative estimate of drug-likeness (QED) is 0.473. The molecule has 29 heavy (non-hydrogen) atoms. The Hall–Kier alpha value is -2.51. The molecule has 150 valence electrons. The van der Waals surface area contributed by atoms with E-state index in [0.29, 0.717) is 0 Å². The number of hydrogen-bond donors (Lipinski definition) is 0. The van der Waals surface area contributed by atoms with Crippen molar-refractivity contribution >= 4 is 27.1 Å². The fourth-order valence-corrected chi connectivity index (χ4v) is 4.76. The van der Waals surface area contributed by atoms with Crippen LogP contribution in [0, 0.1) is 0 Å². The Morgan fingerprint density at radius 1 is 1.00 bits per heavy atom. The van der Waals surface area contributed by atoms with Crippen LogP contribution < -0.4 is 4.74 Å². The molecule has 0 N–H and O–H groups in total. The Balaban J connectivity index is 1.33. The van der Waals surface area contributed by atoms with Crippen molar-refractivity contribution in [3.63, 3.8) is 0 Å². The number of fused-ring (bicyclic) bond motifs is 2. The van der Waals surface area contributed by atoms with Gasteiger partial charge in [0.05, 0.1) is 6.54 Å². The molecular formula is C22H25N5OS. The molecular weight excluding hydrogens is 382 g/mol. The van der Waals surface area contributed by atoms with E-state index in [1.165, 1.54) is 36.5 Å². The minimum atomic E-state index is -0.145. The van der Waals surface area contributed by atoms with Gasteiger partial charge in [0.25, 0.3) is 0 Å². The van der Waals surface area contributed by atoms with Crippen molar-refractivity contribution in [2.45, 2.75) is 45.3 Å². The third kappa shape index (κ3) is 3.97. The first-order valence-electron chi connectivity index (χ1n) is 10.3. The van der Waals surface area contributed by atoms with E-state index in [9.17, 15) is 0 Å². The summed E-state index contributed by atoms with van der Waals surface area (Å²) in [5.74, 6) is 1.77. The van der Waals surface area contributed by atoms with Crippen LogP contribution in [0.3, 0.4) is 0 Å². The average Bonchev–Trinajstić information content (AvgIpc) is 3.22. The van der Waals surface area contributed by atoms with Crippen LogP contribution in [-0.2, 0) is 6.54 Å². The van der Waals surface area contributed by atoms with Gasteiger partial charge in [-0.1, -0.05) is 54.5 Å². The molecule has 1 atom stereocenters. The number of rotatable bonds is 5. The van der Waals surface area contributed by atoms with Crippen LogP contribution in [0.2, 0.25) is 0 Å². The molecule has 0 aliphatic carbocycles. The Kier molecular flexibility index (Phi) is 5.16. The highest BCUT2D eigenvalue weighted by Crippen LogP contribution is 2.28. The largest absolute Gasteiger partial charge is 0.483 e. The summed E-state index contributed by atoms with van der Waals surface area (Å²) in [6.45, 7) is 5.11. The SMILES string of the molecule is C[C@@H](Oc1ccc2ccccc2c1)c1nn2c(CN3CCCCCC3)nnc2s1. The zero-order valence-corrected chi connectivity index (χ0v) is 17.4. The van der Waals surface area contributed by atoms with E-state index in [-0.39, 0.29) is 6.10 Å². The molecule has 0 unspecified atom stereocenters. The molecule has 0 radical (unpaired) electrons. The Morgan fingerprint density at radius 2 is 1.79 bits per heavy atom. The van der Waals surface area contributed by atoms with Crippen LogP contribution in [0.15, 0.2) is 42.5 Å². The Morgan fingerprint density at radius 3 is 2.62 bits per heavy atom. The van der Waals surface area contributed by atoms with Crippen molar-refractivity contribution in [1.82, 2.24) is 24.7 Å². The number of likely N-dealkylation sites (tertiary alicyclic amines) is 1. The average molecular weight is 408 g/mol. The standard InChI is InChI=1S/C22H25N5OS/c1-16(28-19-11-10-17-8-4-5-9-18(17)14-19)21-25-27-20(23-24-22(27)29-21)15-26-12-6-2-3-7-13-26/h4-5,8-11,14,16H,2-3,6-7,12-13,15H2,1H3/t16-/m1/s1. The van der Waals surface area contributed by atoms with Gasteiger partial charge in [0.1, 0.15) is 11.9 Å². The van der Waals surface area contributed by atoms with Crippen molar-refractivity contribution in [3.05, 3.63) is 53.3 Å². The lowest BCUT2D eigenvalue weighted by molar-refractivity contribution is 0.225. The van der Waals surface area contributed by atoms with Crippen LogP contribution in [-0.4, -0.2) is 37.8 Å². The topological polar surface area (TPSA) is 55.6 Å². The minimum absolute atomic E-state index is 0.145. The van der Waals surface area contributed by atoms with Crippen LogP contribution >= 0.6 is 11.3 Å². The summed E-state index contributed by atoms with van der Waals surface area (Å²) in [5, 5.41) is 16.8. The molecule has 7 heteroatoms. The zero-order valence-electron chi connectivity index (χ0n) is 16.6. The van der Waals surface area contributed by atoms with E-state index in [0.717, 1.165) is 41.2 Å². The predicted octanol–water partition coefficient (Wildman–Crippen LogP) is 4.86. The molecule has 3 heterocycles. The fourth-order valence-electron chi connectivity index (χ4n) is 3.92. The van der Waals surface area contributed by atoms with Gasteiger partial charge in [-0.25, -0.2) is 0 Å². The van der Waals surface area contributed by atoms with E-state index < -0.39 is 0 Å². The molecule has 1 aliphatic heterocycles. The number of nitrogens with zero attached hydrogens (tertiary/aromatic N) is 5. The first kappa shape index (κ1) is 18.5. The molecule has 2 aromatic heterocycles. The lowest BCUT2D eigenvalue weighted by Gasteiger charge is -2.17. The smallest absolute Gasteiger partial charge is 0.234 e. The predicted molar refractivity (Wildman–Crippen MR) is 115 cm³/mol. The minimum Gasteiger partial charge on any atom is -0.483 e. The van der Waals surface area contributed by atoms with Gasteiger partial charge in [-0.2, -0.15) is 9.61 Å². The van der Waals surface area contributed by atoms with E-state index >= 15 is 0 Å². The second kappa shape index (κ2) is 8.08. The van der Waals surface area contributed by atoms with Crippen LogP contribution in [0.4, 0.5) is 0 Å². The lowest BCUT2D eigenvalue weighted by atomic mass is 10.1. The summed E-state index contributed by atoms with van der Waals surface area (Å²) in [4.78, 5) is 3.30. The lowest BCUT2D eigenvalue weighted by Crippen LogP contribution is -2.25. The second-order valence-electron chi connectivity index (χ2n) is 7.71. The summed E-state index contributed by atoms with van der Waals surface area (Å²) in [6.07, 6.45) is 5.04. The Bertz CT molecular complexity index is 1110. The van der Waals surface area contributed by atoms with Crippen molar-refractivity contribution in [1.29, 1.82) is 0 Å². The summed E-state index contributed by atoms with van der Waals surface area (Å²) < 4.78 is 8.08. The summed E-state index contributed by atoms with van der Waals surface area (Å²) >= 11 is 1.55. The molecule has 0 spiro atoms. The van der Waals surface area contributed by atoms with Gasteiger partial charge in [-0.05, 0) is 55.8 Å². The van der Waals surface area contributed by atoms with Crippen LogP contribution in [0.5, 0.6) is 5.75 Å². The number of aromatic nitrogens is 4. The number of ether oxygens (including phenoxy) is 1. The van der Waals surface area contributed by atoms with Gasteiger partial charge in [-0.15, -0.1) is 10.2 Å². The molecule has 1 saturated heterocycles. The highest BCUT2D eigenvalue weighted by Gasteiger charge is 2.19. The van der Waals surface area contributed by atoms with Crippen LogP contribution in [0.25, 0.3) is 15.7 Å². The first-order valence-corrected chi connectivity index (χ1v) is 11.2. The number of benzene rings is 2. The van der Waals surface area contributed by atoms with Crippen LogP contribution in [0.1, 0.15) is 49.5 Å². The van der Waals surface area contributed by atoms with Gasteiger partial charge in [0, 0.05) is 0 Å². The normalized spacial score (nSPS) is 16.9. The van der Waals surface area contributed by atoms with E-state index in [1.807, 2.05) is 29.6 Å². The highest BCUT2D eigenvalue weighted by molar-refractivity contribution is 7.16. The maximum atomic E-state index is 6.19.